The highest BCUT2D eigenvalue weighted by molar-refractivity contribution is 6.26. The Balaban J connectivity index is 1.49. The van der Waals surface area contributed by atoms with E-state index in [0.29, 0.717) is 41.4 Å². The average Bonchev–Trinajstić information content (AvgIpc) is 3.23. The number of aryl methyl sites for hydroxylation is 2. The summed E-state index contributed by atoms with van der Waals surface area (Å²) in [5.41, 5.74) is 4.10. The van der Waals surface area contributed by atoms with Crippen LogP contribution in [0.25, 0.3) is 10.8 Å². The Morgan fingerprint density at radius 2 is 1.62 bits per heavy atom. The largest absolute Gasteiger partial charge is 0.490 e. The molecule has 0 aromatic heterocycles. The molecule has 0 unspecified atom stereocenters. The van der Waals surface area contributed by atoms with Crippen LogP contribution in [0.3, 0.4) is 0 Å². The standard InChI is InChI=1S/C26H22N2O4/c1-3-13-32-21-12-5-16(14-22(21)31-4-2)15-27-28-25(29)19-10-8-17-6-7-18-9-11-20(26(28)30)24(19)23(17)18/h3,5,8-12,14-15H,1,4,6-7,13H2,2H3/b27-15-. The summed E-state index contributed by atoms with van der Waals surface area (Å²) in [5, 5.41) is 7.02. The van der Waals surface area contributed by atoms with E-state index in [0.717, 1.165) is 28.6 Å². The molecule has 5 rings (SSSR count). The van der Waals surface area contributed by atoms with Gasteiger partial charge in [0.15, 0.2) is 11.5 Å². The SMILES string of the molecule is C=CCOc1ccc(/C=N\N2C(=O)c3ccc4c5c(ccc(c35)C2=O)CC4)cc1OCC. The Hall–Kier alpha value is -3.93. The minimum atomic E-state index is -0.412. The Labute approximate surface area is 185 Å². The molecule has 0 fully saturated rings. The van der Waals surface area contributed by atoms with Crippen LogP contribution in [0.2, 0.25) is 0 Å². The van der Waals surface area contributed by atoms with E-state index in [4.69, 9.17) is 9.47 Å². The van der Waals surface area contributed by atoms with Crippen molar-refractivity contribution < 1.29 is 19.1 Å². The Bertz CT molecular complexity index is 1250. The fourth-order valence-corrected chi connectivity index (χ4v) is 4.38. The smallest absolute Gasteiger partial charge is 0.282 e. The lowest BCUT2D eigenvalue weighted by Gasteiger charge is -2.23. The first-order valence-electron chi connectivity index (χ1n) is 10.6. The quantitative estimate of drug-likeness (QED) is 0.316. The van der Waals surface area contributed by atoms with E-state index in [-0.39, 0.29) is 0 Å². The van der Waals surface area contributed by atoms with Crippen LogP contribution in [0.15, 0.2) is 60.2 Å². The summed E-state index contributed by atoms with van der Waals surface area (Å²) < 4.78 is 11.3. The highest BCUT2D eigenvalue weighted by Crippen LogP contribution is 2.38. The maximum Gasteiger partial charge on any atom is 0.282 e. The van der Waals surface area contributed by atoms with Gasteiger partial charge in [0.1, 0.15) is 6.61 Å². The number of amides is 2. The van der Waals surface area contributed by atoms with Gasteiger partial charge >= 0.3 is 0 Å². The molecule has 32 heavy (non-hydrogen) atoms. The second-order valence-electron chi connectivity index (χ2n) is 7.70. The third-order valence-electron chi connectivity index (χ3n) is 5.79. The average molecular weight is 426 g/mol. The summed E-state index contributed by atoms with van der Waals surface area (Å²) in [6, 6.07) is 12.9. The zero-order chi connectivity index (χ0) is 22.2. The van der Waals surface area contributed by atoms with Gasteiger partial charge in [0.05, 0.1) is 23.9 Å². The molecule has 1 aliphatic carbocycles. The predicted molar refractivity (Wildman–Crippen MR) is 123 cm³/mol. The minimum Gasteiger partial charge on any atom is -0.490 e. The van der Waals surface area contributed by atoms with Crippen LogP contribution in [-0.2, 0) is 12.8 Å². The Kier molecular flexibility index (Phi) is 4.98. The van der Waals surface area contributed by atoms with E-state index in [1.807, 2.05) is 31.2 Å². The van der Waals surface area contributed by atoms with Gasteiger partial charge in [0.2, 0.25) is 0 Å². The van der Waals surface area contributed by atoms with Crippen LogP contribution in [0.1, 0.15) is 44.3 Å². The van der Waals surface area contributed by atoms with Crippen molar-refractivity contribution in [3.05, 3.63) is 82.9 Å². The van der Waals surface area contributed by atoms with Gasteiger partial charge in [-0.3, -0.25) is 9.59 Å². The van der Waals surface area contributed by atoms with Gasteiger partial charge < -0.3 is 9.47 Å². The van der Waals surface area contributed by atoms with Gasteiger partial charge in [0, 0.05) is 5.39 Å². The van der Waals surface area contributed by atoms with Crippen molar-refractivity contribution in [3.63, 3.8) is 0 Å². The number of benzene rings is 3. The van der Waals surface area contributed by atoms with E-state index in [1.165, 1.54) is 17.3 Å². The molecule has 0 saturated heterocycles. The number of carbonyl (C=O) groups is 2. The van der Waals surface area contributed by atoms with Crippen LogP contribution >= 0.6 is 0 Å². The second-order valence-corrected chi connectivity index (χ2v) is 7.70. The van der Waals surface area contributed by atoms with Gasteiger partial charge in [-0.1, -0.05) is 24.8 Å². The molecule has 0 saturated carbocycles. The molecule has 160 valence electrons. The number of hydrogen-bond donors (Lipinski definition) is 0. The van der Waals surface area contributed by atoms with Gasteiger partial charge in [0.25, 0.3) is 11.8 Å². The maximum absolute atomic E-state index is 13.2. The van der Waals surface area contributed by atoms with Gasteiger partial charge in [-0.05, 0) is 72.2 Å². The topological polar surface area (TPSA) is 68.2 Å². The number of ether oxygens (including phenoxy) is 2. The van der Waals surface area contributed by atoms with Crippen molar-refractivity contribution in [2.24, 2.45) is 5.10 Å². The van der Waals surface area contributed by atoms with E-state index in [1.54, 1.807) is 24.3 Å². The van der Waals surface area contributed by atoms with E-state index >= 15 is 0 Å². The normalized spacial score (nSPS) is 14.5. The van der Waals surface area contributed by atoms with E-state index in [9.17, 15) is 9.59 Å². The molecule has 6 nitrogen and oxygen atoms in total. The molecule has 0 spiro atoms. The van der Waals surface area contributed by atoms with Crippen molar-refractivity contribution >= 4 is 28.8 Å². The zero-order valence-corrected chi connectivity index (χ0v) is 17.8. The first kappa shape index (κ1) is 20.0. The van der Waals surface area contributed by atoms with Crippen LogP contribution in [-0.4, -0.2) is 36.3 Å². The molecule has 0 radical (unpaired) electrons. The molecule has 2 aliphatic rings. The number of nitrogens with zero attached hydrogens (tertiary/aromatic N) is 2. The molecule has 0 atom stereocenters. The molecule has 1 aliphatic heterocycles. The second kappa shape index (κ2) is 7.96. The van der Waals surface area contributed by atoms with E-state index < -0.39 is 11.8 Å². The minimum absolute atomic E-state index is 0.360. The summed E-state index contributed by atoms with van der Waals surface area (Å²) in [7, 11) is 0. The summed E-state index contributed by atoms with van der Waals surface area (Å²) in [6.45, 7) is 6.37. The number of hydrazone groups is 1. The lowest BCUT2D eigenvalue weighted by molar-refractivity contribution is 0.0616. The lowest BCUT2D eigenvalue weighted by atomic mass is 9.92. The summed E-state index contributed by atoms with van der Waals surface area (Å²) in [6.07, 6.45) is 5.02. The molecule has 1 heterocycles. The monoisotopic (exact) mass is 426 g/mol. The van der Waals surface area contributed by atoms with Crippen molar-refractivity contribution in [2.75, 3.05) is 13.2 Å². The van der Waals surface area contributed by atoms with Gasteiger partial charge in [-0.15, -0.1) is 0 Å². The highest BCUT2D eigenvalue weighted by atomic mass is 16.5. The molecule has 6 heteroatoms. The molecule has 3 aromatic rings. The van der Waals surface area contributed by atoms with Crippen LogP contribution in [0.5, 0.6) is 11.5 Å². The number of hydrogen-bond acceptors (Lipinski definition) is 5. The summed E-state index contributed by atoms with van der Waals surface area (Å²) in [5.74, 6) is 0.325. The lowest BCUT2D eigenvalue weighted by Crippen LogP contribution is -2.36. The predicted octanol–water partition coefficient (Wildman–Crippen LogP) is 4.53. The van der Waals surface area contributed by atoms with Crippen molar-refractivity contribution in [1.82, 2.24) is 5.01 Å². The van der Waals surface area contributed by atoms with Crippen LogP contribution in [0, 0.1) is 0 Å². The molecule has 0 bridgehead atoms. The third-order valence-corrected chi connectivity index (χ3v) is 5.79. The number of imide groups is 1. The van der Waals surface area contributed by atoms with Crippen molar-refractivity contribution in [1.29, 1.82) is 0 Å². The van der Waals surface area contributed by atoms with Crippen molar-refractivity contribution in [3.8, 4) is 11.5 Å². The Morgan fingerprint density at radius 3 is 2.25 bits per heavy atom. The first-order chi connectivity index (χ1) is 15.6. The first-order valence-corrected chi connectivity index (χ1v) is 10.6. The van der Waals surface area contributed by atoms with E-state index in [2.05, 4.69) is 11.7 Å². The molecular weight excluding hydrogens is 404 g/mol. The van der Waals surface area contributed by atoms with Crippen LogP contribution in [0.4, 0.5) is 0 Å². The summed E-state index contributed by atoms with van der Waals surface area (Å²) in [4.78, 5) is 26.3. The van der Waals surface area contributed by atoms with Crippen molar-refractivity contribution in [2.45, 2.75) is 19.8 Å². The molecule has 3 aromatic carbocycles. The molecule has 0 N–H and O–H groups in total. The third kappa shape index (κ3) is 3.15. The molecular formula is C26H22N2O4. The van der Waals surface area contributed by atoms with Crippen LogP contribution < -0.4 is 9.47 Å². The Morgan fingerprint density at radius 1 is 0.938 bits per heavy atom. The zero-order valence-electron chi connectivity index (χ0n) is 17.8. The fraction of sp³-hybridized carbons (Fsp3) is 0.192. The van der Waals surface area contributed by atoms with Gasteiger partial charge in [-0.25, -0.2) is 0 Å². The number of rotatable bonds is 7. The fourth-order valence-electron chi connectivity index (χ4n) is 4.38. The summed E-state index contributed by atoms with van der Waals surface area (Å²) >= 11 is 0. The maximum atomic E-state index is 13.2. The van der Waals surface area contributed by atoms with Gasteiger partial charge in [-0.2, -0.15) is 10.1 Å². The highest BCUT2D eigenvalue weighted by Gasteiger charge is 2.35. The molecule has 2 amide bonds. The number of carbonyl (C=O) groups excluding carboxylic acids is 2.